The zero-order valence-corrected chi connectivity index (χ0v) is 13.0. The van der Waals surface area contributed by atoms with Crippen LogP contribution in [0.5, 0.6) is 0 Å². The molecular weight excluding hydrogens is 313 g/mol. The maximum absolute atomic E-state index is 12.8. The highest BCUT2D eigenvalue weighted by Crippen LogP contribution is 2.14. The summed E-state index contributed by atoms with van der Waals surface area (Å²) < 4.78 is 12.8. The van der Waals surface area contributed by atoms with Gasteiger partial charge in [-0.25, -0.2) is 4.39 Å². The van der Waals surface area contributed by atoms with E-state index >= 15 is 0 Å². The molecule has 4 N–H and O–H groups in total. The Morgan fingerprint density at radius 1 is 1.12 bits per heavy atom. The summed E-state index contributed by atoms with van der Waals surface area (Å²) in [6.45, 7) is 2.04. The molecule has 2 aromatic rings. The number of aromatic nitrogens is 2. The topological polar surface area (TPSA) is 98.9 Å². The molecule has 0 radical (unpaired) electrons. The van der Waals surface area contributed by atoms with Crippen molar-refractivity contribution in [3.63, 3.8) is 0 Å². The van der Waals surface area contributed by atoms with E-state index < -0.39 is 5.82 Å². The van der Waals surface area contributed by atoms with Gasteiger partial charge in [0.2, 0.25) is 0 Å². The molecule has 1 aliphatic heterocycles. The summed E-state index contributed by atoms with van der Waals surface area (Å²) in [4.78, 5) is 24.0. The number of benzene rings is 1. The second-order valence-corrected chi connectivity index (χ2v) is 5.47. The van der Waals surface area contributed by atoms with Crippen molar-refractivity contribution in [3.8, 4) is 0 Å². The molecule has 24 heavy (non-hydrogen) atoms. The fraction of sp³-hybridized carbons (Fsp3) is 0.312. The van der Waals surface area contributed by atoms with Crippen LogP contribution in [0.3, 0.4) is 0 Å². The van der Waals surface area contributed by atoms with E-state index in [-0.39, 0.29) is 24.9 Å². The predicted molar refractivity (Wildman–Crippen MR) is 85.1 cm³/mol. The highest BCUT2D eigenvalue weighted by atomic mass is 19.1. The van der Waals surface area contributed by atoms with Crippen LogP contribution in [0.15, 0.2) is 24.3 Å². The highest BCUT2D eigenvalue weighted by Gasteiger charge is 2.21. The van der Waals surface area contributed by atoms with Crippen molar-refractivity contribution < 1.29 is 14.0 Å². The van der Waals surface area contributed by atoms with Crippen LogP contribution < -0.4 is 16.0 Å². The van der Waals surface area contributed by atoms with Crippen molar-refractivity contribution in [2.75, 3.05) is 19.6 Å². The molecule has 0 saturated carbocycles. The van der Waals surface area contributed by atoms with E-state index in [1.54, 1.807) is 0 Å². The van der Waals surface area contributed by atoms with Gasteiger partial charge in [-0.3, -0.25) is 14.7 Å². The van der Waals surface area contributed by atoms with Crippen molar-refractivity contribution in [1.29, 1.82) is 0 Å². The zero-order chi connectivity index (χ0) is 16.9. The van der Waals surface area contributed by atoms with E-state index in [0.29, 0.717) is 17.8 Å². The van der Waals surface area contributed by atoms with Gasteiger partial charge in [0.15, 0.2) is 5.69 Å². The number of rotatable bonds is 5. The third kappa shape index (κ3) is 3.60. The number of carbonyl (C=O) groups excluding carboxylic acids is 2. The van der Waals surface area contributed by atoms with Crippen LogP contribution in [-0.4, -0.2) is 41.6 Å². The Hall–Kier alpha value is -2.74. The first kappa shape index (κ1) is 16.1. The Morgan fingerprint density at radius 2 is 1.83 bits per heavy atom. The van der Waals surface area contributed by atoms with Gasteiger partial charge in [0, 0.05) is 49.4 Å². The van der Waals surface area contributed by atoms with E-state index in [0.717, 1.165) is 24.2 Å². The molecule has 1 aromatic heterocycles. The summed E-state index contributed by atoms with van der Waals surface area (Å²) in [7, 11) is 0. The number of halogens is 1. The minimum atomic E-state index is -0.393. The number of H-pyrrole nitrogens is 1. The SMILES string of the molecule is O=C(NCCNC(=O)c1n[nH]c2c1CNCC2)c1ccc(F)cc1. The fourth-order valence-corrected chi connectivity index (χ4v) is 2.55. The Morgan fingerprint density at radius 3 is 2.58 bits per heavy atom. The van der Waals surface area contributed by atoms with E-state index in [1.165, 1.54) is 24.3 Å². The Kier molecular flexibility index (Phi) is 4.85. The monoisotopic (exact) mass is 331 g/mol. The quantitative estimate of drug-likeness (QED) is 0.594. The molecule has 1 aromatic carbocycles. The Bertz CT molecular complexity index is 741. The van der Waals surface area contributed by atoms with Crippen molar-refractivity contribution >= 4 is 11.8 Å². The summed E-state index contributed by atoms with van der Waals surface area (Å²) in [5.74, 6) is -0.978. The maximum atomic E-state index is 12.8. The van der Waals surface area contributed by atoms with Gasteiger partial charge in [0.05, 0.1) is 0 Å². The van der Waals surface area contributed by atoms with Crippen LogP contribution in [0, 0.1) is 5.82 Å². The molecule has 7 nitrogen and oxygen atoms in total. The standard InChI is InChI=1S/C16H18FN5O2/c17-11-3-1-10(2-4-11)15(23)19-7-8-20-16(24)14-12-9-18-6-5-13(12)21-22-14/h1-4,18H,5-9H2,(H,19,23)(H,20,24)(H,21,22). The minimum absolute atomic E-state index is 0.271. The number of hydrogen-bond acceptors (Lipinski definition) is 4. The van der Waals surface area contributed by atoms with Crippen LogP contribution in [0.4, 0.5) is 4.39 Å². The predicted octanol–water partition coefficient (Wildman–Crippen LogP) is 0.354. The third-order valence-corrected chi connectivity index (χ3v) is 3.82. The molecule has 1 aliphatic rings. The smallest absolute Gasteiger partial charge is 0.272 e. The molecule has 0 atom stereocenters. The lowest BCUT2D eigenvalue weighted by atomic mass is 10.1. The van der Waals surface area contributed by atoms with Crippen LogP contribution >= 0.6 is 0 Å². The second-order valence-electron chi connectivity index (χ2n) is 5.47. The van der Waals surface area contributed by atoms with Gasteiger partial charge >= 0.3 is 0 Å². The molecule has 2 amide bonds. The summed E-state index contributed by atoms with van der Waals surface area (Å²) in [5.41, 5.74) is 2.65. The van der Waals surface area contributed by atoms with E-state index in [2.05, 4.69) is 26.1 Å². The van der Waals surface area contributed by atoms with E-state index in [4.69, 9.17) is 0 Å². The number of hydrogen-bond donors (Lipinski definition) is 4. The first-order valence-corrected chi connectivity index (χ1v) is 7.74. The number of fused-ring (bicyclic) bond motifs is 1. The summed E-state index contributed by atoms with van der Waals surface area (Å²) >= 11 is 0. The number of amides is 2. The van der Waals surface area contributed by atoms with E-state index in [1.807, 2.05) is 0 Å². The fourth-order valence-electron chi connectivity index (χ4n) is 2.55. The van der Waals surface area contributed by atoms with Crippen LogP contribution in [0.1, 0.15) is 32.1 Å². The van der Waals surface area contributed by atoms with Gasteiger partial charge in [-0.2, -0.15) is 5.10 Å². The lowest BCUT2D eigenvalue weighted by Crippen LogP contribution is -2.35. The van der Waals surface area contributed by atoms with Crippen LogP contribution in [0.25, 0.3) is 0 Å². The van der Waals surface area contributed by atoms with Gasteiger partial charge in [-0.15, -0.1) is 0 Å². The summed E-state index contributed by atoms with van der Waals surface area (Å²) in [6, 6.07) is 5.27. The minimum Gasteiger partial charge on any atom is -0.350 e. The van der Waals surface area contributed by atoms with Crippen LogP contribution in [-0.2, 0) is 13.0 Å². The average Bonchev–Trinajstić information content (AvgIpc) is 3.03. The molecule has 0 spiro atoms. The molecule has 126 valence electrons. The van der Waals surface area contributed by atoms with Gasteiger partial charge in [-0.05, 0) is 24.3 Å². The van der Waals surface area contributed by atoms with Crippen molar-refractivity contribution in [2.24, 2.45) is 0 Å². The molecule has 2 heterocycles. The molecule has 0 saturated heterocycles. The highest BCUT2D eigenvalue weighted by molar-refractivity contribution is 5.95. The van der Waals surface area contributed by atoms with Gasteiger partial charge < -0.3 is 16.0 Å². The molecule has 0 fully saturated rings. The van der Waals surface area contributed by atoms with E-state index in [9.17, 15) is 14.0 Å². The van der Waals surface area contributed by atoms with Crippen molar-refractivity contribution in [1.82, 2.24) is 26.1 Å². The number of nitrogens with zero attached hydrogens (tertiary/aromatic N) is 1. The molecule has 3 rings (SSSR count). The first-order chi connectivity index (χ1) is 11.6. The first-order valence-electron chi connectivity index (χ1n) is 7.74. The number of aromatic amines is 1. The molecule has 0 bridgehead atoms. The average molecular weight is 331 g/mol. The van der Waals surface area contributed by atoms with Gasteiger partial charge in [0.25, 0.3) is 11.8 Å². The van der Waals surface area contributed by atoms with Gasteiger partial charge in [-0.1, -0.05) is 0 Å². The number of carbonyl (C=O) groups is 2. The molecule has 8 heteroatoms. The van der Waals surface area contributed by atoms with Gasteiger partial charge in [0.1, 0.15) is 5.82 Å². The van der Waals surface area contributed by atoms with Crippen molar-refractivity contribution in [2.45, 2.75) is 13.0 Å². The second kappa shape index (κ2) is 7.22. The van der Waals surface area contributed by atoms with Crippen molar-refractivity contribution in [3.05, 3.63) is 52.6 Å². The molecular formula is C16H18FN5O2. The maximum Gasteiger partial charge on any atom is 0.272 e. The molecule has 0 unspecified atom stereocenters. The Labute approximate surface area is 138 Å². The Balaban J connectivity index is 1.46. The molecule has 0 aliphatic carbocycles. The summed E-state index contributed by atoms with van der Waals surface area (Å²) in [5, 5.41) is 15.6. The summed E-state index contributed by atoms with van der Waals surface area (Å²) in [6.07, 6.45) is 0.823. The van der Waals surface area contributed by atoms with Crippen LogP contribution in [0.2, 0.25) is 0 Å². The largest absolute Gasteiger partial charge is 0.350 e. The zero-order valence-electron chi connectivity index (χ0n) is 13.0. The lowest BCUT2D eigenvalue weighted by Gasteiger charge is -2.13. The number of nitrogens with one attached hydrogen (secondary N) is 4. The normalized spacial score (nSPS) is 13.2. The third-order valence-electron chi connectivity index (χ3n) is 3.82. The lowest BCUT2D eigenvalue weighted by molar-refractivity contribution is 0.0924.